The average Bonchev–Trinajstić information content (AvgIpc) is 2.62. The Bertz CT molecular complexity index is 534. The Labute approximate surface area is 99.0 Å². The Morgan fingerprint density at radius 2 is 2.06 bits per heavy atom. The van der Waals surface area contributed by atoms with Crippen LogP contribution in [0.4, 0.5) is 0 Å². The molecular weight excluding hydrogens is 222 g/mol. The molecule has 0 atom stereocenters. The number of nitrogens with zero attached hydrogens (tertiary/aromatic N) is 3. The standard InChI is InChI=1S/C12H10ClN3/c1-3-8-16-12(9(2)14-15-16)10-4-6-11(13)7-5-10/h1,4-7H,8H2,2H3. The fourth-order valence-corrected chi connectivity index (χ4v) is 1.69. The summed E-state index contributed by atoms with van der Waals surface area (Å²) in [5.74, 6) is 2.55. The van der Waals surface area contributed by atoms with Crippen molar-refractivity contribution in [3.05, 3.63) is 35.0 Å². The second-order valence-corrected chi connectivity index (χ2v) is 3.83. The molecule has 0 bridgehead atoms. The van der Waals surface area contributed by atoms with E-state index in [1.807, 2.05) is 31.2 Å². The van der Waals surface area contributed by atoms with Gasteiger partial charge >= 0.3 is 0 Å². The minimum absolute atomic E-state index is 0.415. The van der Waals surface area contributed by atoms with E-state index in [4.69, 9.17) is 18.0 Å². The molecule has 0 amide bonds. The van der Waals surface area contributed by atoms with Gasteiger partial charge in [-0.15, -0.1) is 11.5 Å². The van der Waals surface area contributed by atoms with Gasteiger partial charge in [0.15, 0.2) is 0 Å². The number of benzene rings is 1. The molecule has 0 aliphatic heterocycles. The van der Waals surface area contributed by atoms with E-state index in [-0.39, 0.29) is 0 Å². The Kier molecular flexibility index (Phi) is 2.93. The molecule has 0 aliphatic rings. The van der Waals surface area contributed by atoms with Gasteiger partial charge in [0.05, 0.1) is 11.4 Å². The summed E-state index contributed by atoms with van der Waals surface area (Å²) >= 11 is 5.84. The smallest absolute Gasteiger partial charge is 0.104 e. The summed E-state index contributed by atoms with van der Waals surface area (Å²) in [4.78, 5) is 0. The fraction of sp³-hybridized carbons (Fsp3) is 0.167. The Morgan fingerprint density at radius 1 is 1.38 bits per heavy atom. The van der Waals surface area contributed by atoms with Crippen molar-refractivity contribution >= 4 is 11.6 Å². The number of rotatable bonds is 2. The van der Waals surface area contributed by atoms with E-state index in [1.54, 1.807) is 4.68 Å². The molecule has 1 aromatic heterocycles. The summed E-state index contributed by atoms with van der Waals surface area (Å²) in [5.41, 5.74) is 2.81. The molecule has 3 nitrogen and oxygen atoms in total. The average molecular weight is 232 g/mol. The van der Waals surface area contributed by atoms with Crippen LogP contribution in [0.25, 0.3) is 11.3 Å². The molecule has 2 rings (SSSR count). The monoisotopic (exact) mass is 231 g/mol. The predicted octanol–water partition coefficient (Wildman–Crippen LogP) is 2.54. The van der Waals surface area contributed by atoms with Crippen LogP contribution in [0.2, 0.25) is 5.02 Å². The van der Waals surface area contributed by atoms with Crippen LogP contribution in [0.15, 0.2) is 24.3 Å². The summed E-state index contributed by atoms with van der Waals surface area (Å²) in [7, 11) is 0. The van der Waals surface area contributed by atoms with Gasteiger partial charge in [-0.3, -0.25) is 0 Å². The first-order valence-corrected chi connectivity index (χ1v) is 5.19. The third-order valence-electron chi connectivity index (χ3n) is 2.26. The van der Waals surface area contributed by atoms with Gasteiger partial charge in [-0.1, -0.05) is 34.9 Å². The van der Waals surface area contributed by atoms with Crippen molar-refractivity contribution in [1.82, 2.24) is 15.0 Å². The zero-order chi connectivity index (χ0) is 11.5. The summed E-state index contributed by atoms with van der Waals surface area (Å²) < 4.78 is 1.71. The van der Waals surface area contributed by atoms with Crippen molar-refractivity contribution in [3.8, 4) is 23.6 Å². The highest BCUT2D eigenvalue weighted by Crippen LogP contribution is 2.23. The Morgan fingerprint density at radius 3 is 2.69 bits per heavy atom. The summed E-state index contributed by atoms with van der Waals surface area (Å²) in [6.45, 7) is 2.32. The quantitative estimate of drug-likeness (QED) is 0.744. The van der Waals surface area contributed by atoms with Crippen LogP contribution >= 0.6 is 11.6 Å². The lowest BCUT2D eigenvalue weighted by Gasteiger charge is -2.04. The molecule has 16 heavy (non-hydrogen) atoms. The van der Waals surface area contributed by atoms with E-state index in [2.05, 4.69) is 16.2 Å². The molecule has 4 heteroatoms. The second kappa shape index (κ2) is 4.38. The maximum absolute atomic E-state index is 5.84. The van der Waals surface area contributed by atoms with Gasteiger partial charge in [0, 0.05) is 10.6 Å². The van der Waals surface area contributed by atoms with Crippen molar-refractivity contribution in [2.75, 3.05) is 0 Å². The molecule has 0 radical (unpaired) electrons. The minimum Gasteiger partial charge on any atom is -0.232 e. The molecule has 0 N–H and O–H groups in total. The highest BCUT2D eigenvalue weighted by atomic mass is 35.5. The Balaban J connectivity index is 2.50. The van der Waals surface area contributed by atoms with Gasteiger partial charge in [-0.05, 0) is 19.1 Å². The summed E-state index contributed by atoms with van der Waals surface area (Å²) in [5, 5.41) is 8.72. The third-order valence-corrected chi connectivity index (χ3v) is 2.51. The Hall–Kier alpha value is -1.79. The number of halogens is 1. The second-order valence-electron chi connectivity index (χ2n) is 3.39. The van der Waals surface area contributed by atoms with E-state index in [0.29, 0.717) is 11.6 Å². The highest BCUT2D eigenvalue weighted by Gasteiger charge is 2.10. The first kappa shape index (κ1) is 10.7. The van der Waals surface area contributed by atoms with Crippen LogP contribution in [0.5, 0.6) is 0 Å². The SMILES string of the molecule is C#CCn1nnc(C)c1-c1ccc(Cl)cc1. The molecule has 0 saturated heterocycles. The lowest BCUT2D eigenvalue weighted by atomic mass is 10.1. The molecule has 1 aromatic carbocycles. The third kappa shape index (κ3) is 1.93. The zero-order valence-electron chi connectivity index (χ0n) is 8.81. The largest absolute Gasteiger partial charge is 0.232 e. The van der Waals surface area contributed by atoms with Gasteiger partial charge in [0.1, 0.15) is 6.54 Å². The molecule has 0 aliphatic carbocycles. The van der Waals surface area contributed by atoms with Gasteiger partial charge in [-0.2, -0.15) is 0 Å². The summed E-state index contributed by atoms with van der Waals surface area (Å²) in [6.07, 6.45) is 5.28. The number of hydrogen-bond donors (Lipinski definition) is 0. The molecule has 1 heterocycles. The predicted molar refractivity (Wildman–Crippen MR) is 64.0 cm³/mol. The van der Waals surface area contributed by atoms with Crippen LogP contribution in [0.1, 0.15) is 5.69 Å². The fourth-order valence-electron chi connectivity index (χ4n) is 1.56. The van der Waals surface area contributed by atoms with Crippen molar-refractivity contribution in [3.63, 3.8) is 0 Å². The van der Waals surface area contributed by atoms with E-state index in [1.165, 1.54) is 0 Å². The van der Waals surface area contributed by atoms with Crippen molar-refractivity contribution < 1.29 is 0 Å². The normalized spacial score (nSPS) is 10.1. The van der Waals surface area contributed by atoms with Crippen molar-refractivity contribution in [2.45, 2.75) is 13.5 Å². The van der Waals surface area contributed by atoms with Crippen LogP contribution in [0, 0.1) is 19.3 Å². The van der Waals surface area contributed by atoms with E-state index >= 15 is 0 Å². The molecule has 2 aromatic rings. The summed E-state index contributed by atoms with van der Waals surface area (Å²) in [6, 6.07) is 7.54. The lowest BCUT2D eigenvalue weighted by molar-refractivity contribution is 0.678. The number of aryl methyl sites for hydroxylation is 1. The van der Waals surface area contributed by atoms with Gasteiger partial charge in [0.2, 0.25) is 0 Å². The molecular formula is C12H10ClN3. The first-order chi connectivity index (χ1) is 7.72. The molecule has 0 saturated carbocycles. The molecule has 0 spiro atoms. The van der Waals surface area contributed by atoms with Crippen LogP contribution in [-0.4, -0.2) is 15.0 Å². The van der Waals surface area contributed by atoms with E-state index < -0.39 is 0 Å². The van der Waals surface area contributed by atoms with Crippen LogP contribution in [-0.2, 0) is 6.54 Å². The van der Waals surface area contributed by atoms with Gasteiger partial charge < -0.3 is 0 Å². The van der Waals surface area contributed by atoms with Crippen LogP contribution in [0.3, 0.4) is 0 Å². The lowest BCUT2D eigenvalue weighted by Crippen LogP contribution is -2.00. The number of aromatic nitrogens is 3. The highest BCUT2D eigenvalue weighted by molar-refractivity contribution is 6.30. The van der Waals surface area contributed by atoms with Crippen molar-refractivity contribution in [2.24, 2.45) is 0 Å². The number of terminal acetylenes is 1. The van der Waals surface area contributed by atoms with Gasteiger partial charge in [-0.25, -0.2) is 4.68 Å². The number of hydrogen-bond acceptors (Lipinski definition) is 2. The van der Waals surface area contributed by atoms with Gasteiger partial charge in [0.25, 0.3) is 0 Å². The minimum atomic E-state index is 0.415. The maximum atomic E-state index is 5.84. The molecule has 80 valence electrons. The zero-order valence-corrected chi connectivity index (χ0v) is 9.57. The van der Waals surface area contributed by atoms with Crippen molar-refractivity contribution in [1.29, 1.82) is 0 Å². The maximum Gasteiger partial charge on any atom is 0.104 e. The van der Waals surface area contributed by atoms with Crippen LogP contribution < -0.4 is 0 Å². The van der Waals surface area contributed by atoms with E-state index in [9.17, 15) is 0 Å². The molecule has 0 fully saturated rings. The topological polar surface area (TPSA) is 30.7 Å². The van der Waals surface area contributed by atoms with E-state index in [0.717, 1.165) is 17.0 Å². The molecule has 0 unspecified atom stereocenters. The first-order valence-electron chi connectivity index (χ1n) is 4.82.